The van der Waals surface area contributed by atoms with E-state index in [0.29, 0.717) is 23.0 Å². The van der Waals surface area contributed by atoms with Crippen molar-refractivity contribution < 1.29 is 23.7 Å². The van der Waals surface area contributed by atoms with Crippen molar-refractivity contribution in [2.45, 2.75) is 70.9 Å². The number of hydrogen-bond acceptors (Lipinski definition) is 7. The van der Waals surface area contributed by atoms with Crippen molar-refractivity contribution in [2.24, 2.45) is 11.8 Å². The monoisotopic (exact) mass is 600 g/mol. The van der Waals surface area contributed by atoms with Crippen molar-refractivity contribution in [1.29, 1.82) is 5.26 Å². The summed E-state index contributed by atoms with van der Waals surface area (Å²) in [6.45, 7) is 8.79. The Morgan fingerprint density at radius 3 is 2.02 bits per heavy atom. The molecule has 44 heavy (non-hydrogen) atoms. The Hall–Kier alpha value is -4.05. The number of methoxy groups -OCH3 is 5. The number of hydrogen-bond donors (Lipinski definition) is 0. The summed E-state index contributed by atoms with van der Waals surface area (Å²) in [7, 11) is 8.29. The first-order chi connectivity index (χ1) is 21.2. The SMILES string of the molecule is COc1ccc([C@](C#N)(CCC[C@@H]2Cc3cc(OC)c(OC)c(OC)c3C(C(C)C)N2c2ccccc2)C(C)C)cc1OC. The quantitative estimate of drug-likeness (QED) is 0.196. The maximum Gasteiger partial charge on any atom is 0.203 e. The predicted molar refractivity (Wildman–Crippen MR) is 176 cm³/mol. The molecule has 7 nitrogen and oxygen atoms in total. The second-order valence-electron chi connectivity index (χ2n) is 12.2. The van der Waals surface area contributed by atoms with E-state index in [1.165, 1.54) is 11.3 Å². The van der Waals surface area contributed by atoms with Crippen LogP contribution >= 0.6 is 0 Å². The second kappa shape index (κ2) is 14.2. The Kier molecular flexibility index (Phi) is 10.6. The van der Waals surface area contributed by atoms with E-state index < -0.39 is 5.41 Å². The van der Waals surface area contributed by atoms with E-state index in [2.05, 4.69) is 75.1 Å². The fourth-order valence-corrected chi connectivity index (χ4v) is 7.05. The fraction of sp³-hybridized carbons (Fsp3) is 0.486. The molecule has 0 aromatic heterocycles. The predicted octanol–water partition coefficient (Wildman–Crippen LogP) is 8.15. The highest BCUT2D eigenvalue weighted by atomic mass is 16.5. The molecule has 0 N–H and O–H groups in total. The van der Waals surface area contributed by atoms with Crippen LogP contribution in [0.4, 0.5) is 5.69 Å². The molecule has 0 spiro atoms. The third-order valence-corrected chi connectivity index (χ3v) is 9.28. The smallest absolute Gasteiger partial charge is 0.203 e. The van der Waals surface area contributed by atoms with Gasteiger partial charge in [-0.15, -0.1) is 0 Å². The lowest BCUT2D eigenvalue weighted by molar-refractivity contribution is 0.302. The summed E-state index contributed by atoms with van der Waals surface area (Å²) in [5.74, 6) is 3.72. The van der Waals surface area contributed by atoms with E-state index in [0.717, 1.165) is 42.6 Å². The average molecular weight is 601 g/mol. The second-order valence-corrected chi connectivity index (χ2v) is 12.2. The average Bonchev–Trinajstić information content (AvgIpc) is 3.04. The van der Waals surface area contributed by atoms with Crippen LogP contribution < -0.4 is 28.6 Å². The molecule has 4 rings (SSSR count). The minimum atomic E-state index is -0.666. The third kappa shape index (κ3) is 6.00. The first-order valence-corrected chi connectivity index (χ1v) is 15.5. The Morgan fingerprint density at radius 1 is 0.818 bits per heavy atom. The van der Waals surface area contributed by atoms with Gasteiger partial charge in [-0.05, 0) is 79.0 Å². The highest BCUT2D eigenvalue weighted by Crippen LogP contribution is 2.52. The highest BCUT2D eigenvalue weighted by molar-refractivity contribution is 5.65. The highest BCUT2D eigenvalue weighted by Gasteiger charge is 2.41. The standard InChI is InChI=1S/C37H48N2O5/c1-24(2)34-33-26(21-32(42-7)35(43-8)36(33)44-9)20-29(39(34)28-14-11-10-12-15-28)16-13-19-37(23-38,25(3)4)27-17-18-30(40-5)31(22-27)41-6/h10-12,14-15,17-18,21-22,24-25,29,34H,13,16,19-20H2,1-9H3/t29-,34?,37+/m1/s1. The Bertz CT molecular complexity index is 1450. The molecular formula is C37H48N2O5. The minimum Gasteiger partial charge on any atom is -0.493 e. The lowest BCUT2D eigenvalue weighted by atomic mass is 9.69. The normalized spacial score (nSPS) is 17.5. The van der Waals surface area contributed by atoms with Gasteiger partial charge in [-0.25, -0.2) is 0 Å². The molecule has 1 aliphatic rings. The van der Waals surface area contributed by atoms with Crippen LogP contribution in [0.2, 0.25) is 0 Å². The van der Waals surface area contributed by atoms with Gasteiger partial charge in [0, 0.05) is 17.3 Å². The van der Waals surface area contributed by atoms with Crippen molar-refractivity contribution in [2.75, 3.05) is 40.4 Å². The Labute approximate surface area is 263 Å². The molecule has 0 saturated heterocycles. The topological polar surface area (TPSA) is 73.2 Å². The van der Waals surface area contributed by atoms with Gasteiger partial charge in [0.05, 0.1) is 53.1 Å². The first-order valence-electron chi connectivity index (χ1n) is 15.5. The van der Waals surface area contributed by atoms with Crippen LogP contribution in [0.3, 0.4) is 0 Å². The van der Waals surface area contributed by atoms with Gasteiger partial charge in [0.2, 0.25) is 5.75 Å². The lowest BCUT2D eigenvalue weighted by Gasteiger charge is -2.48. The van der Waals surface area contributed by atoms with Crippen molar-refractivity contribution >= 4 is 5.69 Å². The van der Waals surface area contributed by atoms with Gasteiger partial charge in [0.15, 0.2) is 23.0 Å². The van der Waals surface area contributed by atoms with Gasteiger partial charge in [0.1, 0.15) is 0 Å². The van der Waals surface area contributed by atoms with E-state index in [4.69, 9.17) is 23.7 Å². The van der Waals surface area contributed by atoms with Crippen LogP contribution in [-0.4, -0.2) is 41.6 Å². The molecule has 1 heterocycles. The van der Waals surface area contributed by atoms with Crippen molar-refractivity contribution in [3.05, 3.63) is 71.3 Å². The number of anilines is 1. The molecule has 0 aliphatic carbocycles. The summed E-state index contributed by atoms with van der Waals surface area (Å²) in [6.07, 6.45) is 3.34. The van der Waals surface area contributed by atoms with Crippen LogP contribution in [0.25, 0.3) is 0 Å². The van der Waals surface area contributed by atoms with Crippen molar-refractivity contribution in [1.82, 2.24) is 0 Å². The van der Waals surface area contributed by atoms with Gasteiger partial charge >= 0.3 is 0 Å². The number of rotatable bonds is 13. The Morgan fingerprint density at radius 2 is 1.48 bits per heavy atom. The minimum absolute atomic E-state index is 0.0533. The number of benzene rings is 3. The zero-order valence-corrected chi connectivity index (χ0v) is 27.8. The Balaban J connectivity index is 1.76. The van der Waals surface area contributed by atoms with Gasteiger partial charge in [-0.3, -0.25) is 0 Å². The summed E-state index contributed by atoms with van der Waals surface area (Å²) in [5.41, 5.74) is 3.84. The van der Waals surface area contributed by atoms with Gasteiger partial charge < -0.3 is 28.6 Å². The number of para-hydroxylation sites is 1. The van der Waals surface area contributed by atoms with E-state index in [1.807, 2.05) is 18.2 Å². The van der Waals surface area contributed by atoms with Crippen LogP contribution in [-0.2, 0) is 11.8 Å². The molecule has 7 heteroatoms. The molecule has 3 aromatic carbocycles. The largest absolute Gasteiger partial charge is 0.493 e. The number of ether oxygens (including phenoxy) is 5. The molecule has 3 aromatic rings. The summed E-state index contributed by atoms with van der Waals surface area (Å²) in [4.78, 5) is 2.57. The molecule has 236 valence electrons. The number of fused-ring (bicyclic) bond motifs is 1. The first kappa shape index (κ1) is 32.9. The van der Waals surface area contributed by atoms with Gasteiger partial charge in [-0.2, -0.15) is 5.26 Å². The van der Waals surface area contributed by atoms with Crippen LogP contribution in [0.15, 0.2) is 54.6 Å². The van der Waals surface area contributed by atoms with E-state index in [-0.39, 0.29) is 23.9 Å². The number of nitrogens with zero attached hydrogens (tertiary/aromatic N) is 2. The molecule has 0 amide bonds. The van der Waals surface area contributed by atoms with Gasteiger partial charge in [-0.1, -0.05) is 52.0 Å². The number of nitriles is 1. The molecule has 1 unspecified atom stereocenters. The van der Waals surface area contributed by atoms with Crippen molar-refractivity contribution in [3.8, 4) is 34.8 Å². The lowest BCUT2D eigenvalue weighted by Crippen LogP contribution is -2.46. The molecule has 1 aliphatic heterocycles. The molecular weight excluding hydrogens is 552 g/mol. The fourth-order valence-electron chi connectivity index (χ4n) is 7.05. The maximum atomic E-state index is 10.7. The van der Waals surface area contributed by atoms with Crippen LogP contribution in [0.1, 0.15) is 69.7 Å². The zero-order chi connectivity index (χ0) is 32.0. The molecule has 3 atom stereocenters. The zero-order valence-electron chi connectivity index (χ0n) is 27.8. The third-order valence-electron chi connectivity index (χ3n) is 9.28. The summed E-state index contributed by atoms with van der Waals surface area (Å²) >= 11 is 0. The molecule has 0 saturated carbocycles. The molecule has 0 radical (unpaired) electrons. The van der Waals surface area contributed by atoms with E-state index >= 15 is 0 Å². The summed E-state index contributed by atoms with van der Waals surface area (Å²) in [5, 5.41) is 10.7. The molecule has 0 bridgehead atoms. The maximum absolute atomic E-state index is 10.7. The van der Waals surface area contributed by atoms with E-state index in [1.54, 1.807) is 35.5 Å². The van der Waals surface area contributed by atoms with Crippen molar-refractivity contribution in [3.63, 3.8) is 0 Å². The molecule has 0 fully saturated rings. The van der Waals surface area contributed by atoms with E-state index in [9.17, 15) is 5.26 Å². The summed E-state index contributed by atoms with van der Waals surface area (Å²) < 4.78 is 28.7. The van der Waals surface area contributed by atoms with Crippen LogP contribution in [0, 0.1) is 23.2 Å². The van der Waals surface area contributed by atoms with Gasteiger partial charge in [0.25, 0.3) is 0 Å². The summed E-state index contributed by atoms with van der Waals surface area (Å²) in [6, 6.07) is 21.6. The van der Waals surface area contributed by atoms with Crippen LogP contribution in [0.5, 0.6) is 28.7 Å².